The number of Topliss-reactive ketones (excluding diaryl/α,β-unsaturated/α-hetero) is 2. The lowest BCUT2D eigenvalue weighted by atomic mass is 9.94. The number of nitrogens with zero attached hydrogens (tertiary/aromatic N) is 1. The molecule has 4 heteroatoms. The number of hydrogen-bond acceptors (Lipinski definition) is 3. The summed E-state index contributed by atoms with van der Waals surface area (Å²) in [7, 11) is 0. The van der Waals surface area contributed by atoms with Gasteiger partial charge >= 0.3 is 0 Å². The molecular weight excluding hydrogens is 266 g/mol. The predicted molar refractivity (Wildman–Crippen MR) is 77.9 cm³/mol. The minimum Gasteiger partial charge on any atom is -0.324 e. The van der Waals surface area contributed by atoms with Crippen molar-refractivity contribution in [2.75, 3.05) is 0 Å². The Morgan fingerprint density at radius 1 is 1.10 bits per heavy atom. The highest BCUT2D eigenvalue weighted by Gasteiger charge is 2.37. The van der Waals surface area contributed by atoms with Crippen LogP contribution in [0.4, 0.5) is 0 Å². The fourth-order valence-corrected chi connectivity index (χ4v) is 3.30. The molecule has 0 radical (unpaired) electrons. The highest BCUT2D eigenvalue weighted by atomic mass is 16.2. The Morgan fingerprint density at radius 2 is 1.90 bits per heavy atom. The lowest BCUT2D eigenvalue weighted by molar-refractivity contribution is -0.126. The average Bonchev–Trinajstić information content (AvgIpc) is 2.77. The largest absolute Gasteiger partial charge is 0.324 e. The zero-order valence-electron chi connectivity index (χ0n) is 12.2. The number of ketones is 2. The molecule has 0 spiro atoms. The highest BCUT2D eigenvalue weighted by molar-refractivity contribution is 6.02. The third kappa shape index (κ3) is 2.50. The Kier molecular flexibility index (Phi) is 3.62. The quantitative estimate of drug-likeness (QED) is 0.796. The van der Waals surface area contributed by atoms with Crippen molar-refractivity contribution in [3.8, 4) is 0 Å². The van der Waals surface area contributed by atoms with E-state index in [2.05, 4.69) is 0 Å². The first-order valence-corrected chi connectivity index (χ1v) is 7.52. The molecule has 1 unspecified atom stereocenters. The van der Waals surface area contributed by atoms with Gasteiger partial charge in [-0.3, -0.25) is 14.4 Å². The molecule has 0 N–H and O–H groups in total. The first-order chi connectivity index (χ1) is 10.1. The third-order valence-electron chi connectivity index (χ3n) is 4.55. The van der Waals surface area contributed by atoms with Crippen LogP contribution in [0, 0.1) is 6.92 Å². The summed E-state index contributed by atoms with van der Waals surface area (Å²) >= 11 is 0. The van der Waals surface area contributed by atoms with E-state index < -0.39 is 6.04 Å². The van der Waals surface area contributed by atoms with Crippen molar-refractivity contribution in [3.05, 3.63) is 34.9 Å². The average molecular weight is 285 g/mol. The van der Waals surface area contributed by atoms with Gasteiger partial charge in [0.05, 0.1) is 6.04 Å². The number of carbonyl (C=O) groups excluding carboxylic acids is 3. The van der Waals surface area contributed by atoms with Crippen molar-refractivity contribution >= 4 is 17.5 Å². The number of carbonyl (C=O) groups is 3. The Bertz CT molecular complexity index is 620. The molecule has 1 amide bonds. The zero-order valence-corrected chi connectivity index (χ0v) is 12.2. The molecule has 1 aromatic rings. The van der Waals surface area contributed by atoms with Gasteiger partial charge in [0, 0.05) is 31.4 Å². The van der Waals surface area contributed by atoms with Crippen LogP contribution in [-0.4, -0.2) is 28.4 Å². The Hall–Kier alpha value is -1.97. The standard InChI is InChI=1S/C17H19NO3/c1-11-4-2-6-13-14(11)10-18(17(13)21)15-9-8-12(19)5-3-7-16(15)20/h2,4,6,15H,3,5,7-10H2,1H3. The first-order valence-electron chi connectivity index (χ1n) is 7.52. The van der Waals surface area contributed by atoms with Gasteiger partial charge < -0.3 is 4.90 Å². The van der Waals surface area contributed by atoms with E-state index in [-0.39, 0.29) is 17.5 Å². The predicted octanol–water partition coefficient (Wildman–Crippen LogP) is 2.42. The van der Waals surface area contributed by atoms with Gasteiger partial charge in [0.25, 0.3) is 5.91 Å². The number of aryl methyl sites for hydroxylation is 1. The Balaban J connectivity index is 1.87. The number of rotatable bonds is 1. The zero-order chi connectivity index (χ0) is 15.0. The molecular formula is C17H19NO3. The smallest absolute Gasteiger partial charge is 0.255 e. The van der Waals surface area contributed by atoms with Gasteiger partial charge in [0.2, 0.25) is 0 Å². The van der Waals surface area contributed by atoms with Crippen molar-refractivity contribution in [2.45, 2.75) is 51.6 Å². The maximum Gasteiger partial charge on any atom is 0.255 e. The van der Waals surface area contributed by atoms with E-state index >= 15 is 0 Å². The van der Waals surface area contributed by atoms with Crippen LogP contribution in [-0.2, 0) is 16.1 Å². The summed E-state index contributed by atoms with van der Waals surface area (Å²) in [4.78, 5) is 38.2. The molecule has 110 valence electrons. The summed E-state index contributed by atoms with van der Waals surface area (Å²) in [5.74, 6) is 0.231. The van der Waals surface area contributed by atoms with Crippen LogP contribution in [0.3, 0.4) is 0 Å². The first kappa shape index (κ1) is 14.0. The minimum absolute atomic E-state index is 0.0694. The second kappa shape index (κ2) is 5.43. The number of fused-ring (bicyclic) bond motifs is 1. The number of amides is 1. The van der Waals surface area contributed by atoms with Gasteiger partial charge in [-0.15, -0.1) is 0 Å². The summed E-state index contributed by atoms with van der Waals surface area (Å²) in [6.07, 6.45) is 2.37. The fraction of sp³-hybridized carbons (Fsp3) is 0.471. The molecule has 2 aliphatic rings. The highest BCUT2D eigenvalue weighted by Crippen LogP contribution is 2.30. The summed E-state index contributed by atoms with van der Waals surface area (Å²) in [5.41, 5.74) is 2.80. The van der Waals surface area contributed by atoms with Gasteiger partial charge in [-0.2, -0.15) is 0 Å². The van der Waals surface area contributed by atoms with Crippen LogP contribution < -0.4 is 0 Å². The molecule has 1 aromatic carbocycles. The summed E-state index contributed by atoms with van der Waals surface area (Å²) in [6.45, 7) is 2.48. The summed E-state index contributed by atoms with van der Waals surface area (Å²) in [6, 6.07) is 5.25. The van der Waals surface area contributed by atoms with Gasteiger partial charge in [0.1, 0.15) is 5.78 Å². The monoisotopic (exact) mass is 285 g/mol. The van der Waals surface area contributed by atoms with Crippen LogP contribution in [0.5, 0.6) is 0 Å². The SMILES string of the molecule is Cc1cccc2c1CN(C1CCC(=O)CCCC1=O)C2=O. The number of hydrogen-bond donors (Lipinski definition) is 0. The molecule has 1 fully saturated rings. The van der Waals surface area contributed by atoms with E-state index in [9.17, 15) is 14.4 Å². The Morgan fingerprint density at radius 3 is 2.67 bits per heavy atom. The van der Waals surface area contributed by atoms with Crippen molar-refractivity contribution in [1.82, 2.24) is 4.90 Å². The second-order valence-electron chi connectivity index (χ2n) is 5.95. The van der Waals surface area contributed by atoms with E-state index in [0.29, 0.717) is 44.2 Å². The summed E-state index contributed by atoms with van der Waals surface area (Å²) < 4.78 is 0. The molecule has 3 rings (SSSR count). The van der Waals surface area contributed by atoms with E-state index in [4.69, 9.17) is 0 Å². The lowest BCUT2D eigenvalue weighted by Gasteiger charge is -2.28. The van der Waals surface area contributed by atoms with Gasteiger partial charge in [-0.1, -0.05) is 12.1 Å². The van der Waals surface area contributed by atoms with E-state index in [1.165, 1.54) is 0 Å². The van der Waals surface area contributed by atoms with Crippen molar-refractivity contribution in [3.63, 3.8) is 0 Å². The van der Waals surface area contributed by atoms with Crippen LogP contribution in [0.2, 0.25) is 0 Å². The summed E-state index contributed by atoms with van der Waals surface area (Å²) in [5, 5.41) is 0. The van der Waals surface area contributed by atoms with E-state index in [0.717, 1.165) is 11.1 Å². The van der Waals surface area contributed by atoms with Gasteiger partial charge in [0.15, 0.2) is 5.78 Å². The van der Waals surface area contributed by atoms with E-state index in [1.807, 2.05) is 25.1 Å². The molecule has 0 aromatic heterocycles. The normalized spacial score (nSPS) is 23.0. The minimum atomic E-state index is -0.437. The van der Waals surface area contributed by atoms with Crippen LogP contribution in [0.1, 0.15) is 53.6 Å². The molecule has 21 heavy (non-hydrogen) atoms. The van der Waals surface area contributed by atoms with Crippen molar-refractivity contribution in [2.24, 2.45) is 0 Å². The molecule has 4 nitrogen and oxygen atoms in total. The molecule has 1 aliphatic heterocycles. The maximum atomic E-state index is 12.6. The number of benzene rings is 1. The van der Waals surface area contributed by atoms with Crippen molar-refractivity contribution < 1.29 is 14.4 Å². The van der Waals surface area contributed by atoms with E-state index in [1.54, 1.807) is 4.90 Å². The maximum absolute atomic E-state index is 12.6. The van der Waals surface area contributed by atoms with Gasteiger partial charge in [-0.05, 0) is 37.0 Å². The topological polar surface area (TPSA) is 54.5 Å². The molecule has 1 heterocycles. The Labute approximate surface area is 124 Å². The molecule has 1 saturated carbocycles. The fourth-order valence-electron chi connectivity index (χ4n) is 3.30. The van der Waals surface area contributed by atoms with Crippen LogP contribution >= 0.6 is 0 Å². The third-order valence-corrected chi connectivity index (χ3v) is 4.55. The molecule has 0 saturated heterocycles. The molecule has 1 atom stereocenters. The van der Waals surface area contributed by atoms with Crippen LogP contribution in [0.25, 0.3) is 0 Å². The lowest BCUT2D eigenvalue weighted by Crippen LogP contribution is -2.42. The van der Waals surface area contributed by atoms with Crippen molar-refractivity contribution in [1.29, 1.82) is 0 Å². The molecule has 1 aliphatic carbocycles. The van der Waals surface area contributed by atoms with Crippen LogP contribution in [0.15, 0.2) is 18.2 Å². The second-order valence-corrected chi connectivity index (χ2v) is 5.95. The molecule has 0 bridgehead atoms. The van der Waals surface area contributed by atoms with Gasteiger partial charge in [-0.25, -0.2) is 0 Å².